The van der Waals surface area contributed by atoms with Gasteiger partial charge in [-0.3, -0.25) is 0 Å². The fourth-order valence-electron chi connectivity index (χ4n) is 1.83. The fourth-order valence-corrected chi connectivity index (χ4v) is 3.41. The summed E-state index contributed by atoms with van der Waals surface area (Å²) in [7, 11) is -0.982. The van der Waals surface area contributed by atoms with E-state index in [0.717, 1.165) is 12.8 Å². The number of ether oxygens (including phenoxy) is 1. The number of esters is 1. The first-order chi connectivity index (χ1) is 8.87. The Labute approximate surface area is 112 Å². The maximum absolute atomic E-state index is 12.4. The standard InChI is InChI=1S/C12H16N2O4S/c1-14(9-4-5-9)19(16,17)11-6-3-8(13)7-10(11)12(15)18-2/h3,6-7,9H,4-5,13H2,1-2H3. The van der Waals surface area contributed by atoms with Gasteiger partial charge in [-0.25, -0.2) is 13.2 Å². The second-order valence-corrected chi connectivity index (χ2v) is 6.47. The van der Waals surface area contributed by atoms with E-state index in [0.29, 0.717) is 5.69 Å². The maximum atomic E-state index is 12.4. The molecule has 1 aliphatic carbocycles. The fraction of sp³-hybridized carbons (Fsp3) is 0.417. The van der Waals surface area contributed by atoms with Gasteiger partial charge in [-0.05, 0) is 31.0 Å². The van der Waals surface area contributed by atoms with Gasteiger partial charge < -0.3 is 10.5 Å². The van der Waals surface area contributed by atoms with Crippen molar-refractivity contribution in [1.82, 2.24) is 4.31 Å². The van der Waals surface area contributed by atoms with Crippen LogP contribution in [-0.4, -0.2) is 38.9 Å². The Balaban J connectivity index is 2.52. The van der Waals surface area contributed by atoms with Crippen molar-refractivity contribution in [2.24, 2.45) is 0 Å². The Morgan fingerprint density at radius 3 is 2.58 bits per heavy atom. The molecule has 7 heteroatoms. The zero-order chi connectivity index (χ0) is 14.2. The summed E-state index contributed by atoms with van der Waals surface area (Å²) in [5.41, 5.74) is 5.88. The molecule has 104 valence electrons. The van der Waals surface area contributed by atoms with E-state index in [1.807, 2.05) is 0 Å². The van der Waals surface area contributed by atoms with Crippen LogP contribution >= 0.6 is 0 Å². The molecule has 1 aromatic rings. The quantitative estimate of drug-likeness (QED) is 0.653. The van der Waals surface area contributed by atoms with E-state index in [-0.39, 0.29) is 16.5 Å². The van der Waals surface area contributed by atoms with Crippen LogP contribution < -0.4 is 5.73 Å². The normalized spacial score (nSPS) is 15.5. The van der Waals surface area contributed by atoms with Gasteiger partial charge in [0.15, 0.2) is 0 Å². The number of nitrogens with zero attached hydrogens (tertiary/aromatic N) is 1. The van der Waals surface area contributed by atoms with Crippen molar-refractivity contribution in [2.75, 3.05) is 19.9 Å². The number of hydrogen-bond donors (Lipinski definition) is 1. The molecule has 1 aliphatic rings. The minimum atomic E-state index is -3.70. The first-order valence-corrected chi connectivity index (χ1v) is 7.28. The average Bonchev–Trinajstić information content (AvgIpc) is 3.20. The first-order valence-electron chi connectivity index (χ1n) is 5.84. The predicted molar refractivity (Wildman–Crippen MR) is 70.2 cm³/mol. The zero-order valence-corrected chi connectivity index (χ0v) is 11.6. The Bertz CT molecular complexity index is 608. The van der Waals surface area contributed by atoms with Crippen molar-refractivity contribution < 1.29 is 17.9 Å². The van der Waals surface area contributed by atoms with E-state index in [1.165, 1.54) is 36.7 Å². The van der Waals surface area contributed by atoms with E-state index in [9.17, 15) is 13.2 Å². The van der Waals surface area contributed by atoms with Crippen molar-refractivity contribution >= 4 is 21.7 Å². The summed E-state index contributed by atoms with van der Waals surface area (Å²) in [6, 6.07) is 4.14. The summed E-state index contributed by atoms with van der Waals surface area (Å²) in [6.07, 6.45) is 1.69. The lowest BCUT2D eigenvalue weighted by molar-refractivity contribution is 0.0596. The van der Waals surface area contributed by atoms with Crippen molar-refractivity contribution in [2.45, 2.75) is 23.8 Å². The van der Waals surface area contributed by atoms with Gasteiger partial charge in [-0.1, -0.05) is 0 Å². The van der Waals surface area contributed by atoms with Gasteiger partial charge in [0.2, 0.25) is 10.0 Å². The van der Waals surface area contributed by atoms with Crippen LogP contribution in [0.1, 0.15) is 23.2 Å². The summed E-state index contributed by atoms with van der Waals surface area (Å²) in [4.78, 5) is 11.6. The molecule has 0 bridgehead atoms. The molecule has 0 aliphatic heterocycles. The monoisotopic (exact) mass is 284 g/mol. The topological polar surface area (TPSA) is 89.7 Å². The van der Waals surface area contributed by atoms with Crippen LogP contribution in [0.5, 0.6) is 0 Å². The third kappa shape index (κ3) is 2.57. The molecule has 2 rings (SSSR count). The largest absolute Gasteiger partial charge is 0.465 e. The van der Waals surface area contributed by atoms with Gasteiger partial charge in [-0.15, -0.1) is 0 Å². The SMILES string of the molecule is COC(=O)c1cc(N)ccc1S(=O)(=O)N(C)C1CC1. The van der Waals surface area contributed by atoms with Gasteiger partial charge in [0.1, 0.15) is 0 Å². The van der Waals surface area contributed by atoms with E-state index in [4.69, 9.17) is 5.73 Å². The summed E-state index contributed by atoms with van der Waals surface area (Å²) < 4.78 is 30.8. The number of anilines is 1. The number of benzene rings is 1. The molecule has 0 spiro atoms. The Morgan fingerprint density at radius 2 is 2.05 bits per heavy atom. The maximum Gasteiger partial charge on any atom is 0.339 e. The summed E-state index contributed by atoms with van der Waals surface area (Å²) >= 11 is 0. The van der Waals surface area contributed by atoms with Crippen molar-refractivity contribution in [3.8, 4) is 0 Å². The van der Waals surface area contributed by atoms with E-state index >= 15 is 0 Å². The van der Waals surface area contributed by atoms with Crippen molar-refractivity contribution in [3.63, 3.8) is 0 Å². The van der Waals surface area contributed by atoms with Crippen LogP contribution in [0.4, 0.5) is 5.69 Å². The molecule has 2 N–H and O–H groups in total. The van der Waals surface area contributed by atoms with E-state index in [1.54, 1.807) is 0 Å². The second kappa shape index (κ2) is 4.82. The lowest BCUT2D eigenvalue weighted by atomic mass is 10.2. The number of nitrogen functional groups attached to an aromatic ring is 1. The summed E-state index contributed by atoms with van der Waals surface area (Å²) in [6.45, 7) is 0. The predicted octanol–water partition coefficient (Wildman–Crippen LogP) is 0.838. The Kier molecular flexibility index (Phi) is 3.51. The van der Waals surface area contributed by atoms with Crippen LogP contribution in [-0.2, 0) is 14.8 Å². The minimum Gasteiger partial charge on any atom is -0.465 e. The lowest BCUT2D eigenvalue weighted by Crippen LogP contribution is -2.30. The molecular formula is C12H16N2O4S. The Hall–Kier alpha value is -1.60. The average molecular weight is 284 g/mol. The molecule has 0 aromatic heterocycles. The molecule has 0 radical (unpaired) electrons. The second-order valence-electron chi connectivity index (χ2n) is 4.50. The first kappa shape index (κ1) is 13.8. The van der Waals surface area contributed by atoms with Crippen molar-refractivity contribution in [1.29, 1.82) is 0 Å². The van der Waals surface area contributed by atoms with Gasteiger partial charge in [0, 0.05) is 18.8 Å². The van der Waals surface area contributed by atoms with Gasteiger partial charge in [0.05, 0.1) is 17.6 Å². The Morgan fingerprint density at radius 1 is 1.42 bits per heavy atom. The third-order valence-electron chi connectivity index (χ3n) is 3.13. The minimum absolute atomic E-state index is 0.0213. The number of sulfonamides is 1. The molecule has 0 heterocycles. The van der Waals surface area contributed by atoms with Gasteiger partial charge in [0.25, 0.3) is 0 Å². The molecule has 1 saturated carbocycles. The molecule has 1 aromatic carbocycles. The highest BCUT2D eigenvalue weighted by atomic mass is 32.2. The highest BCUT2D eigenvalue weighted by Gasteiger charge is 2.37. The van der Waals surface area contributed by atoms with Crippen LogP contribution in [0.15, 0.2) is 23.1 Å². The molecular weight excluding hydrogens is 268 g/mol. The number of methoxy groups -OCH3 is 1. The number of nitrogens with two attached hydrogens (primary N) is 1. The van der Waals surface area contributed by atoms with Crippen molar-refractivity contribution in [3.05, 3.63) is 23.8 Å². The van der Waals surface area contributed by atoms with Gasteiger partial charge >= 0.3 is 5.97 Å². The molecule has 6 nitrogen and oxygen atoms in total. The molecule has 0 atom stereocenters. The van der Waals surface area contributed by atoms with Crippen LogP contribution in [0, 0.1) is 0 Å². The number of hydrogen-bond acceptors (Lipinski definition) is 5. The summed E-state index contributed by atoms with van der Waals surface area (Å²) in [5.74, 6) is -0.713. The van der Waals surface area contributed by atoms with E-state index < -0.39 is 16.0 Å². The van der Waals surface area contributed by atoms with Gasteiger partial charge in [-0.2, -0.15) is 4.31 Å². The zero-order valence-electron chi connectivity index (χ0n) is 10.8. The molecule has 0 saturated heterocycles. The molecule has 0 unspecified atom stereocenters. The highest BCUT2D eigenvalue weighted by molar-refractivity contribution is 7.89. The molecule has 0 amide bonds. The molecule has 19 heavy (non-hydrogen) atoms. The number of rotatable bonds is 4. The highest BCUT2D eigenvalue weighted by Crippen LogP contribution is 2.32. The van der Waals surface area contributed by atoms with Crippen LogP contribution in [0.3, 0.4) is 0 Å². The number of carbonyl (C=O) groups excluding carboxylic acids is 1. The smallest absolute Gasteiger partial charge is 0.339 e. The lowest BCUT2D eigenvalue weighted by Gasteiger charge is -2.18. The third-order valence-corrected chi connectivity index (χ3v) is 5.10. The summed E-state index contributed by atoms with van der Waals surface area (Å²) in [5, 5.41) is 0. The number of carbonyl (C=O) groups is 1. The van der Waals surface area contributed by atoms with Crippen LogP contribution in [0.25, 0.3) is 0 Å². The van der Waals surface area contributed by atoms with Crippen LogP contribution in [0.2, 0.25) is 0 Å². The van der Waals surface area contributed by atoms with E-state index in [2.05, 4.69) is 4.74 Å². The molecule has 1 fully saturated rings.